The molecule has 0 bridgehead atoms. The molecule has 0 N–H and O–H groups in total. The van der Waals surface area contributed by atoms with E-state index >= 15 is 0 Å². The van der Waals surface area contributed by atoms with Crippen LogP contribution < -0.4 is 0 Å². The largest absolute Gasteiger partial charge is 0.466 e. The van der Waals surface area contributed by atoms with Gasteiger partial charge < -0.3 is 19.0 Å². The number of hydrogen-bond acceptors (Lipinski definition) is 5. The highest BCUT2D eigenvalue weighted by Gasteiger charge is 2.22. The Labute approximate surface area is 183 Å². The van der Waals surface area contributed by atoms with Gasteiger partial charge in [0, 0.05) is 19.5 Å². The van der Waals surface area contributed by atoms with Crippen molar-refractivity contribution in [2.75, 3.05) is 19.7 Å². The molecule has 0 atom stereocenters. The zero-order valence-corrected chi connectivity index (χ0v) is 18.2. The topological polar surface area (TPSA) is 80.1 Å². The molecule has 0 saturated carbocycles. The van der Waals surface area contributed by atoms with Gasteiger partial charge >= 0.3 is 5.97 Å². The highest BCUT2D eigenvalue weighted by molar-refractivity contribution is 5.86. The normalized spacial score (nSPS) is 10.4. The first kappa shape index (κ1) is 23.9. The number of esters is 1. The molecule has 1 aromatic carbocycles. The highest BCUT2D eigenvalue weighted by Crippen LogP contribution is 2.14. The van der Waals surface area contributed by atoms with Crippen molar-refractivity contribution in [2.24, 2.45) is 0 Å². The summed E-state index contributed by atoms with van der Waals surface area (Å²) in [5, 5.41) is 0. The van der Waals surface area contributed by atoms with Crippen molar-refractivity contribution in [3.05, 3.63) is 72.2 Å². The van der Waals surface area contributed by atoms with Crippen LogP contribution in [0.1, 0.15) is 36.8 Å². The summed E-state index contributed by atoms with van der Waals surface area (Å²) in [4.78, 5) is 40.4. The fourth-order valence-electron chi connectivity index (χ4n) is 3.07. The van der Waals surface area contributed by atoms with Gasteiger partial charge in [-0.2, -0.15) is 0 Å². The number of amides is 2. The summed E-state index contributed by atoms with van der Waals surface area (Å²) in [5.74, 6) is 0.494. The summed E-state index contributed by atoms with van der Waals surface area (Å²) < 4.78 is 10.5. The molecule has 0 radical (unpaired) electrons. The second kappa shape index (κ2) is 12.4. The highest BCUT2D eigenvalue weighted by atomic mass is 16.5. The van der Waals surface area contributed by atoms with E-state index in [4.69, 9.17) is 9.15 Å². The van der Waals surface area contributed by atoms with E-state index < -0.39 is 5.97 Å². The third-order valence-corrected chi connectivity index (χ3v) is 4.59. The van der Waals surface area contributed by atoms with E-state index in [9.17, 15) is 14.4 Å². The summed E-state index contributed by atoms with van der Waals surface area (Å²) in [6.07, 6.45) is 1.52. The summed E-state index contributed by atoms with van der Waals surface area (Å²) >= 11 is 0. The first-order valence-electron chi connectivity index (χ1n) is 10.3. The summed E-state index contributed by atoms with van der Waals surface area (Å²) in [6.45, 7) is 8.28. The first-order valence-corrected chi connectivity index (χ1v) is 10.3. The van der Waals surface area contributed by atoms with E-state index in [0.717, 1.165) is 11.3 Å². The molecule has 31 heavy (non-hydrogen) atoms. The summed E-state index contributed by atoms with van der Waals surface area (Å²) in [7, 11) is 0. The van der Waals surface area contributed by atoms with Crippen molar-refractivity contribution in [1.82, 2.24) is 9.80 Å². The van der Waals surface area contributed by atoms with Crippen LogP contribution in [0.5, 0.6) is 0 Å². The fourth-order valence-corrected chi connectivity index (χ4v) is 3.07. The second-order valence-corrected chi connectivity index (χ2v) is 7.12. The molecule has 0 unspecified atom stereocenters. The minimum Gasteiger partial charge on any atom is -0.466 e. The number of hydrogen-bond donors (Lipinski definition) is 0. The van der Waals surface area contributed by atoms with Gasteiger partial charge in [0.1, 0.15) is 18.1 Å². The second-order valence-electron chi connectivity index (χ2n) is 7.12. The van der Waals surface area contributed by atoms with Gasteiger partial charge in [0.25, 0.3) is 0 Å². The Morgan fingerprint density at radius 2 is 1.74 bits per heavy atom. The number of rotatable bonds is 12. The monoisotopic (exact) mass is 426 g/mol. The quantitative estimate of drug-likeness (QED) is 0.383. The number of carbonyl (C=O) groups excluding carboxylic acids is 3. The van der Waals surface area contributed by atoms with Gasteiger partial charge in [-0.25, -0.2) is 0 Å². The summed E-state index contributed by atoms with van der Waals surface area (Å²) in [6, 6.07) is 13.3. The van der Waals surface area contributed by atoms with E-state index in [1.165, 1.54) is 4.90 Å². The van der Waals surface area contributed by atoms with Crippen LogP contribution >= 0.6 is 0 Å². The molecule has 0 fully saturated rings. The molecule has 1 heterocycles. The first-order chi connectivity index (χ1) is 14.9. The van der Waals surface area contributed by atoms with E-state index in [2.05, 4.69) is 6.58 Å². The average molecular weight is 427 g/mol. The standard InChI is InChI=1S/C24H30N2O5/c1-4-15-25(22(27)13-14-24(29)30-5-2)18-23(28)26(16-20-9-7-6-8-10-20)17-21-12-11-19(3)31-21/h4,6-12H,1,5,13-18H2,2-3H3. The van der Waals surface area contributed by atoms with E-state index in [-0.39, 0.29) is 44.4 Å². The smallest absolute Gasteiger partial charge is 0.306 e. The maximum Gasteiger partial charge on any atom is 0.306 e. The molecule has 0 spiro atoms. The molecule has 2 amide bonds. The predicted octanol–water partition coefficient (Wildman–Crippen LogP) is 3.47. The van der Waals surface area contributed by atoms with Gasteiger partial charge in [-0.05, 0) is 31.5 Å². The van der Waals surface area contributed by atoms with Crippen LogP contribution in [0.3, 0.4) is 0 Å². The van der Waals surface area contributed by atoms with Crippen molar-refractivity contribution in [1.29, 1.82) is 0 Å². The molecule has 0 aliphatic rings. The molecule has 0 aliphatic heterocycles. The summed E-state index contributed by atoms with van der Waals surface area (Å²) in [5.41, 5.74) is 0.975. The van der Waals surface area contributed by atoms with Crippen LogP contribution in [0.25, 0.3) is 0 Å². The molecule has 1 aromatic heterocycles. The minimum absolute atomic E-state index is 0.0178. The van der Waals surface area contributed by atoms with Gasteiger partial charge in [0.05, 0.1) is 19.6 Å². The zero-order chi connectivity index (χ0) is 22.6. The molecule has 2 aromatic rings. The number of nitrogens with zero attached hydrogens (tertiary/aromatic N) is 2. The minimum atomic E-state index is -0.431. The maximum atomic E-state index is 13.2. The van der Waals surface area contributed by atoms with Crippen molar-refractivity contribution in [3.8, 4) is 0 Å². The van der Waals surface area contributed by atoms with E-state index in [1.54, 1.807) is 17.9 Å². The molecule has 2 rings (SSSR count). The lowest BCUT2D eigenvalue weighted by molar-refractivity contribution is -0.146. The molecule has 166 valence electrons. The van der Waals surface area contributed by atoms with Crippen LogP contribution in [0.15, 0.2) is 59.5 Å². The third-order valence-electron chi connectivity index (χ3n) is 4.59. The number of furan rings is 1. The van der Waals surface area contributed by atoms with Crippen molar-refractivity contribution < 1.29 is 23.5 Å². The van der Waals surface area contributed by atoms with Crippen LogP contribution in [0.2, 0.25) is 0 Å². The SMILES string of the molecule is C=CCN(CC(=O)N(Cc1ccccc1)Cc1ccc(C)o1)C(=O)CCC(=O)OCC. The molecular formula is C24H30N2O5. The number of ether oxygens (including phenoxy) is 1. The van der Waals surface area contributed by atoms with Crippen LogP contribution in [-0.4, -0.2) is 47.3 Å². The third kappa shape index (κ3) is 8.12. The lowest BCUT2D eigenvalue weighted by atomic mass is 10.2. The van der Waals surface area contributed by atoms with Crippen LogP contribution in [0.4, 0.5) is 0 Å². The Bertz CT molecular complexity index is 875. The number of benzene rings is 1. The van der Waals surface area contributed by atoms with Gasteiger partial charge in [-0.1, -0.05) is 36.4 Å². The predicted molar refractivity (Wildman–Crippen MR) is 117 cm³/mol. The van der Waals surface area contributed by atoms with Crippen LogP contribution in [-0.2, 0) is 32.2 Å². The lowest BCUT2D eigenvalue weighted by Gasteiger charge is -2.27. The Kier molecular flexibility index (Phi) is 9.55. The molecule has 0 aliphatic carbocycles. The van der Waals surface area contributed by atoms with Gasteiger partial charge in [-0.15, -0.1) is 6.58 Å². The van der Waals surface area contributed by atoms with Crippen molar-refractivity contribution in [2.45, 2.75) is 39.8 Å². The van der Waals surface area contributed by atoms with Crippen molar-refractivity contribution in [3.63, 3.8) is 0 Å². The number of carbonyl (C=O) groups is 3. The molecule has 7 heteroatoms. The van der Waals surface area contributed by atoms with E-state index in [1.807, 2.05) is 49.4 Å². The fraction of sp³-hybridized carbons (Fsp3) is 0.375. The van der Waals surface area contributed by atoms with Gasteiger partial charge in [0.15, 0.2) is 0 Å². The lowest BCUT2D eigenvalue weighted by Crippen LogP contribution is -2.42. The Hall–Kier alpha value is -3.35. The molecule has 7 nitrogen and oxygen atoms in total. The average Bonchev–Trinajstić information content (AvgIpc) is 3.16. The molecule has 0 saturated heterocycles. The number of aryl methyl sites for hydroxylation is 1. The molecular weight excluding hydrogens is 396 g/mol. The Morgan fingerprint density at radius 3 is 2.35 bits per heavy atom. The Balaban J connectivity index is 2.09. The van der Waals surface area contributed by atoms with Gasteiger partial charge in [0.2, 0.25) is 11.8 Å². The van der Waals surface area contributed by atoms with E-state index in [0.29, 0.717) is 18.8 Å². The van der Waals surface area contributed by atoms with Gasteiger partial charge in [-0.3, -0.25) is 14.4 Å². The zero-order valence-electron chi connectivity index (χ0n) is 18.2. The Morgan fingerprint density at radius 1 is 1.00 bits per heavy atom. The van der Waals surface area contributed by atoms with Crippen LogP contribution in [0, 0.1) is 6.92 Å². The maximum absolute atomic E-state index is 13.2. The van der Waals surface area contributed by atoms with Crippen molar-refractivity contribution >= 4 is 17.8 Å².